The van der Waals surface area contributed by atoms with E-state index in [2.05, 4.69) is 24.9 Å². The number of rotatable bonds is 2. The van der Waals surface area contributed by atoms with Crippen molar-refractivity contribution in [3.63, 3.8) is 0 Å². The lowest BCUT2D eigenvalue weighted by Gasteiger charge is -2.28. The fourth-order valence-corrected chi connectivity index (χ4v) is 2.34. The summed E-state index contributed by atoms with van der Waals surface area (Å²) in [6.07, 6.45) is 6.88. The summed E-state index contributed by atoms with van der Waals surface area (Å²) in [5.74, 6) is 0.809. The maximum absolute atomic E-state index is 4.89. The summed E-state index contributed by atoms with van der Waals surface area (Å²) in [5.41, 5.74) is 0. The van der Waals surface area contributed by atoms with Crippen molar-refractivity contribution in [2.75, 3.05) is 0 Å². The predicted molar refractivity (Wildman–Crippen MR) is 60.8 cm³/mol. The first-order valence-corrected chi connectivity index (χ1v) is 5.55. The van der Waals surface area contributed by atoms with Gasteiger partial charge in [0, 0.05) is 6.04 Å². The highest BCUT2D eigenvalue weighted by Gasteiger charge is 2.19. The van der Waals surface area contributed by atoms with Crippen LogP contribution < -0.4 is 5.32 Å². The Morgan fingerprint density at radius 1 is 1.42 bits per heavy atom. The van der Waals surface area contributed by atoms with Gasteiger partial charge in [-0.3, -0.25) is 0 Å². The topological polar surface area (TPSA) is 12.0 Å². The Morgan fingerprint density at radius 2 is 2.00 bits per heavy atom. The minimum absolute atomic E-state index is 0.510. The molecular weight excluding hydrogens is 186 g/mol. The number of thiol groups is 1. The normalized spacial score (nSPS) is 21.8. The molecule has 12 heavy (non-hydrogen) atoms. The molecule has 1 nitrogen and oxygen atoms in total. The monoisotopic (exact) mass is 203 g/mol. The molecule has 1 atom stereocenters. The van der Waals surface area contributed by atoms with E-state index in [1.54, 1.807) is 0 Å². The van der Waals surface area contributed by atoms with Gasteiger partial charge in [-0.2, -0.15) is 0 Å². The minimum atomic E-state index is 0.510. The summed E-state index contributed by atoms with van der Waals surface area (Å²) in [5, 5.41) is 3.21. The van der Waals surface area contributed by atoms with Crippen LogP contribution in [-0.4, -0.2) is 10.4 Å². The Kier molecular flexibility index (Phi) is 4.36. The van der Waals surface area contributed by atoms with Crippen LogP contribution in [0, 0.1) is 5.92 Å². The third-order valence-corrected chi connectivity index (χ3v) is 2.96. The minimum Gasteiger partial charge on any atom is -0.368 e. The summed E-state index contributed by atoms with van der Waals surface area (Å²) in [7, 11) is 0. The van der Waals surface area contributed by atoms with Crippen molar-refractivity contribution in [1.82, 2.24) is 5.32 Å². The van der Waals surface area contributed by atoms with Crippen LogP contribution >= 0.6 is 24.8 Å². The first kappa shape index (κ1) is 10.3. The molecule has 1 saturated carbocycles. The first-order chi connectivity index (χ1) is 5.70. The fourth-order valence-electron chi connectivity index (χ4n) is 1.95. The van der Waals surface area contributed by atoms with E-state index in [4.69, 9.17) is 12.2 Å². The van der Waals surface area contributed by atoms with Crippen molar-refractivity contribution in [1.29, 1.82) is 0 Å². The molecular formula is C9H17NS2. The molecule has 1 aliphatic carbocycles. The summed E-state index contributed by atoms with van der Waals surface area (Å²) in [6, 6.07) is 0.510. The molecule has 0 saturated heterocycles. The average molecular weight is 203 g/mol. The number of hydrogen-bond donors (Lipinski definition) is 2. The smallest absolute Gasteiger partial charge is 0.130 e. The number of hydrogen-bond acceptors (Lipinski definition) is 1. The molecule has 0 aromatic heterocycles. The van der Waals surface area contributed by atoms with Gasteiger partial charge in [-0.1, -0.05) is 31.5 Å². The van der Waals surface area contributed by atoms with Gasteiger partial charge >= 0.3 is 0 Å². The van der Waals surface area contributed by atoms with Crippen LogP contribution in [0.25, 0.3) is 0 Å². The van der Waals surface area contributed by atoms with Crippen LogP contribution in [0.2, 0.25) is 0 Å². The van der Waals surface area contributed by atoms with Gasteiger partial charge in [0.15, 0.2) is 0 Å². The van der Waals surface area contributed by atoms with Gasteiger partial charge in [0.05, 0.1) is 0 Å². The summed E-state index contributed by atoms with van der Waals surface area (Å²) in [4.78, 5) is 0. The van der Waals surface area contributed by atoms with E-state index in [0.717, 1.165) is 5.92 Å². The van der Waals surface area contributed by atoms with Gasteiger partial charge in [0.1, 0.15) is 4.32 Å². The molecule has 0 radical (unpaired) electrons. The average Bonchev–Trinajstić information content (AvgIpc) is 2.05. The number of nitrogens with one attached hydrogen (secondary N) is 1. The standard InChI is InChI=1S/C9H17NS2/c1-7(10-9(11)12)8-5-3-2-4-6-8/h7-8H,2-6H2,1H3,(H2,10,11,12). The second kappa shape index (κ2) is 5.07. The van der Waals surface area contributed by atoms with E-state index in [-0.39, 0.29) is 0 Å². The summed E-state index contributed by atoms with van der Waals surface area (Å²) in [6.45, 7) is 2.21. The van der Waals surface area contributed by atoms with Crippen LogP contribution in [0.1, 0.15) is 39.0 Å². The highest BCUT2D eigenvalue weighted by Crippen LogP contribution is 2.26. The second-order valence-electron chi connectivity index (χ2n) is 3.64. The molecule has 0 aromatic rings. The van der Waals surface area contributed by atoms with Crippen LogP contribution in [0.3, 0.4) is 0 Å². The van der Waals surface area contributed by atoms with Crippen molar-refractivity contribution in [2.24, 2.45) is 5.92 Å². The molecule has 1 N–H and O–H groups in total. The second-order valence-corrected chi connectivity index (χ2v) is 4.79. The molecule has 0 aromatic carbocycles. The van der Waals surface area contributed by atoms with Crippen LogP contribution in [0.5, 0.6) is 0 Å². The molecule has 3 heteroatoms. The van der Waals surface area contributed by atoms with Crippen molar-refractivity contribution < 1.29 is 0 Å². The Labute approximate surface area is 85.7 Å². The molecule has 1 unspecified atom stereocenters. The lowest BCUT2D eigenvalue weighted by Crippen LogP contribution is -2.35. The Bertz CT molecular complexity index is 153. The van der Waals surface area contributed by atoms with Crippen LogP contribution in [0.15, 0.2) is 0 Å². The van der Waals surface area contributed by atoms with Gasteiger partial charge in [-0.05, 0) is 25.7 Å². The third kappa shape index (κ3) is 3.31. The van der Waals surface area contributed by atoms with Gasteiger partial charge in [0.25, 0.3) is 0 Å². The molecule has 0 aliphatic heterocycles. The summed E-state index contributed by atoms with van der Waals surface area (Å²) < 4.78 is 0.632. The maximum Gasteiger partial charge on any atom is 0.130 e. The maximum atomic E-state index is 4.89. The predicted octanol–water partition coefficient (Wildman–Crippen LogP) is 2.76. The highest BCUT2D eigenvalue weighted by atomic mass is 32.1. The van der Waals surface area contributed by atoms with E-state index >= 15 is 0 Å². The summed E-state index contributed by atoms with van der Waals surface area (Å²) >= 11 is 8.97. The molecule has 1 rings (SSSR count). The first-order valence-electron chi connectivity index (χ1n) is 4.69. The Hall–Kier alpha value is 0.240. The highest BCUT2D eigenvalue weighted by molar-refractivity contribution is 8.11. The van der Waals surface area contributed by atoms with Crippen LogP contribution in [0.4, 0.5) is 0 Å². The van der Waals surface area contributed by atoms with E-state index in [9.17, 15) is 0 Å². The Morgan fingerprint density at radius 3 is 2.50 bits per heavy atom. The number of thiocarbonyl (C=S) groups is 1. The molecule has 1 aliphatic rings. The SMILES string of the molecule is CC(NC(=S)S)C1CCCCC1. The van der Waals surface area contributed by atoms with E-state index < -0.39 is 0 Å². The lowest BCUT2D eigenvalue weighted by atomic mass is 9.85. The zero-order chi connectivity index (χ0) is 8.97. The van der Waals surface area contributed by atoms with Gasteiger partial charge in [0.2, 0.25) is 0 Å². The van der Waals surface area contributed by atoms with Gasteiger partial charge in [-0.15, -0.1) is 12.6 Å². The molecule has 0 bridgehead atoms. The van der Waals surface area contributed by atoms with Gasteiger partial charge < -0.3 is 5.32 Å². The zero-order valence-corrected chi connectivity index (χ0v) is 9.26. The van der Waals surface area contributed by atoms with E-state index in [0.29, 0.717) is 10.4 Å². The van der Waals surface area contributed by atoms with Crippen molar-refractivity contribution in [3.8, 4) is 0 Å². The van der Waals surface area contributed by atoms with Crippen molar-refractivity contribution in [3.05, 3.63) is 0 Å². The molecule has 1 fully saturated rings. The quantitative estimate of drug-likeness (QED) is 0.529. The van der Waals surface area contributed by atoms with Crippen LogP contribution in [-0.2, 0) is 0 Å². The zero-order valence-electron chi connectivity index (χ0n) is 7.55. The fraction of sp³-hybridized carbons (Fsp3) is 0.889. The third-order valence-electron chi connectivity index (χ3n) is 2.71. The van der Waals surface area contributed by atoms with Gasteiger partial charge in [-0.25, -0.2) is 0 Å². The Balaban J connectivity index is 2.29. The van der Waals surface area contributed by atoms with Crippen molar-refractivity contribution in [2.45, 2.75) is 45.1 Å². The van der Waals surface area contributed by atoms with E-state index in [1.165, 1.54) is 32.1 Å². The largest absolute Gasteiger partial charge is 0.368 e. The van der Waals surface area contributed by atoms with Crippen molar-refractivity contribution >= 4 is 29.2 Å². The molecule has 0 amide bonds. The molecule has 70 valence electrons. The molecule has 0 spiro atoms. The molecule has 0 heterocycles. The van der Waals surface area contributed by atoms with E-state index in [1.807, 2.05) is 0 Å². The lowest BCUT2D eigenvalue weighted by molar-refractivity contribution is 0.303.